The van der Waals surface area contributed by atoms with Crippen molar-refractivity contribution in [2.75, 3.05) is 6.54 Å². The van der Waals surface area contributed by atoms with Crippen LogP contribution in [0.25, 0.3) is 0 Å². The number of thiophene rings is 1. The summed E-state index contributed by atoms with van der Waals surface area (Å²) in [5.74, 6) is 0.670. The molecule has 2 rings (SSSR count). The maximum atomic E-state index is 10.9. The fraction of sp³-hybridized carbons (Fsp3) is 0.765. The zero-order valence-electron chi connectivity index (χ0n) is 13.3. The van der Waals surface area contributed by atoms with E-state index in [1.165, 1.54) is 17.7 Å². The summed E-state index contributed by atoms with van der Waals surface area (Å²) in [6.45, 7) is 9.52. The molecule has 0 spiro atoms. The van der Waals surface area contributed by atoms with Crippen molar-refractivity contribution in [2.45, 2.75) is 64.9 Å². The molecule has 0 radical (unpaired) electrons. The van der Waals surface area contributed by atoms with Gasteiger partial charge in [0.1, 0.15) is 0 Å². The Kier molecular flexibility index (Phi) is 4.63. The van der Waals surface area contributed by atoms with E-state index in [2.05, 4.69) is 39.8 Å². The quantitative estimate of drug-likeness (QED) is 0.876. The lowest BCUT2D eigenvalue weighted by atomic mass is 9.66. The summed E-state index contributed by atoms with van der Waals surface area (Å²) in [4.78, 5) is 2.43. The summed E-state index contributed by atoms with van der Waals surface area (Å²) in [5.41, 5.74) is 6.11. The molecule has 2 nitrogen and oxygen atoms in total. The van der Waals surface area contributed by atoms with Crippen molar-refractivity contribution in [3.8, 4) is 0 Å². The van der Waals surface area contributed by atoms with Gasteiger partial charge in [0.15, 0.2) is 0 Å². The number of aliphatic hydroxyl groups is 1. The predicted molar refractivity (Wildman–Crippen MR) is 87.1 cm³/mol. The molecule has 1 aliphatic carbocycles. The van der Waals surface area contributed by atoms with Crippen molar-refractivity contribution < 1.29 is 5.11 Å². The smallest absolute Gasteiger partial charge is 0.0950 e. The molecular formula is C17H29NOS. The molecule has 1 heterocycles. The highest BCUT2D eigenvalue weighted by atomic mass is 32.1. The van der Waals surface area contributed by atoms with Gasteiger partial charge in [-0.2, -0.15) is 0 Å². The van der Waals surface area contributed by atoms with Crippen molar-refractivity contribution in [2.24, 2.45) is 17.1 Å². The van der Waals surface area contributed by atoms with Crippen LogP contribution in [0.15, 0.2) is 12.1 Å². The monoisotopic (exact) mass is 295 g/mol. The fourth-order valence-corrected chi connectivity index (χ4v) is 4.64. The van der Waals surface area contributed by atoms with Gasteiger partial charge in [-0.3, -0.25) is 0 Å². The second kappa shape index (κ2) is 5.78. The largest absolute Gasteiger partial charge is 0.387 e. The van der Waals surface area contributed by atoms with E-state index >= 15 is 0 Å². The normalized spacial score (nSPS) is 29.4. The maximum absolute atomic E-state index is 10.9. The van der Waals surface area contributed by atoms with Gasteiger partial charge in [0.05, 0.1) is 6.10 Å². The molecule has 3 heteroatoms. The molecule has 20 heavy (non-hydrogen) atoms. The van der Waals surface area contributed by atoms with Crippen LogP contribution in [-0.2, 0) is 5.41 Å². The third-order valence-electron chi connectivity index (χ3n) is 4.75. The van der Waals surface area contributed by atoms with Crippen LogP contribution in [0.1, 0.15) is 69.2 Å². The fourth-order valence-electron chi connectivity index (χ4n) is 3.45. The van der Waals surface area contributed by atoms with Gasteiger partial charge >= 0.3 is 0 Å². The van der Waals surface area contributed by atoms with Crippen molar-refractivity contribution in [1.82, 2.24) is 0 Å². The van der Waals surface area contributed by atoms with E-state index in [4.69, 9.17) is 5.73 Å². The molecule has 0 aliphatic heterocycles. The van der Waals surface area contributed by atoms with Crippen molar-refractivity contribution in [1.29, 1.82) is 0 Å². The maximum Gasteiger partial charge on any atom is 0.0950 e. The van der Waals surface area contributed by atoms with Gasteiger partial charge in [-0.1, -0.05) is 40.5 Å². The van der Waals surface area contributed by atoms with Crippen LogP contribution in [0.4, 0.5) is 0 Å². The number of aliphatic hydroxyl groups excluding tert-OH is 1. The first-order valence-corrected chi connectivity index (χ1v) is 8.58. The summed E-state index contributed by atoms with van der Waals surface area (Å²) in [5, 5.41) is 10.9. The average molecular weight is 295 g/mol. The van der Waals surface area contributed by atoms with E-state index in [0.29, 0.717) is 12.5 Å². The molecule has 0 amide bonds. The van der Waals surface area contributed by atoms with E-state index in [1.54, 1.807) is 11.3 Å². The molecule has 0 bridgehead atoms. The van der Waals surface area contributed by atoms with E-state index in [0.717, 1.165) is 17.7 Å². The van der Waals surface area contributed by atoms with Crippen LogP contribution >= 0.6 is 11.3 Å². The van der Waals surface area contributed by atoms with Crippen molar-refractivity contribution in [3.05, 3.63) is 21.9 Å². The Hall–Kier alpha value is -0.380. The summed E-state index contributed by atoms with van der Waals surface area (Å²) in [6.07, 6.45) is 4.15. The highest BCUT2D eigenvalue weighted by molar-refractivity contribution is 7.12. The molecule has 1 aromatic rings. The second-order valence-corrected chi connectivity index (χ2v) is 8.74. The Morgan fingerprint density at radius 1 is 1.45 bits per heavy atom. The molecule has 0 saturated heterocycles. The lowest BCUT2D eigenvalue weighted by Gasteiger charge is -2.42. The molecule has 1 saturated carbocycles. The highest BCUT2D eigenvalue weighted by Crippen LogP contribution is 2.49. The topological polar surface area (TPSA) is 46.2 Å². The van der Waals surface area contributed by atoms with Crippen LogP contribution in [0.3, 0.4) is 0 Å². The Labute approximate surface area is 127 Å². The van der Waals surface area contributed by atoms with Crippen molar-refractivity contribution >= 4 is 11.3 Å². The molecule has 3 N–H and O–H groups in total. The molecule has 1 aromatic heterocycles. The third kappa shape index (κ3) is 3.10. The van der Waals surface area contributed by atoms with E-state index in [-0.39, 0.29) is 10.8 Å². The summed E-state index contributed by atoms with van der Waals surface area (Å²) in [6, 6.07) is 4.27. The first kappa shape index (κ1) is 16.0. The van der Waals surface area contributed by atoms with Gasteiger partial charge in [0.25, 0.3) is 0 Å². The Morgan fingerprint density at radius 3 is 2.65 bits per heavy atom. The van der Waals surface area contributed by atoms with Gasteiger partial charge in [0.2, 0.25) is 0 Å². The zero-order valence-corrected chi connectivity index (χ0v) is 14.1. The van der Waals surface area contributed by atoms with Gasteiger partial charge in [-0.15, -0.1) is 11.3 Å². The minimum absolute atomic E-state index is 0.113. The summed E-state index contributed by atoms with van der Waals surface area (Å²) in [7, 11) is 0. The highest BCUT2D eigenvalue weighted by Gasteiger charge is 2.41. The predicted octanol–water partition coefficient (Wildman–Crippen LogP) is 4.23. The van der Waals surface area contributed by atoms with E-state index in [1.807, 2.05) is 0 Å². The molecular weight excluding hydrogens is 266 g/mol. The lowest BCUT2D eigenvalue weighted by Crippen LogP contribution is -2.40. The van der Waals surface area contributed by atoms with Gasteiger partial charge in [-0.05, 0) is 36.3 Å². The summed E-state index contributed by atoms with van der Waals surface area (Å²) >= 11 is 1.75. The van der Waals surface area contributed by atoms with Crippen LogP contribution in [-0.4, -0.2) is 11.7 Å². The van der Waals surface area contributed by atoms with Crippen LogP contribution < -0.4 is 5.73 Å². The zero-order chi connectivity index (χ0) is 15.0. The molecule has 3 unspecified atom stereocenters. The second-order valence-electron chi connectivity index (χ2n) is 7.62. The van der Waals surface area contributed by atoms with Crippen LogP contribution in [0.5, 0.6) is 0 Å². The SMILES string of the molecule is CC1CCCC(CN)(C(O)c2ccc(C(C)(C)C)s2)C1. The molecule has 1 fully saturated rings. The first-order valence-electron chi connectivity index (χ1n) is 7.77. The summed E-state index contributed by atoms with van der Waals surface area (Å²) < 4.78 is 0. The Bertz CT molecular complexity index is 448. The Morgan fingerprint density at radius 2 is 2.15 bits per heavy atom. The van der Waals surface area contributed by atoms with Gasteiger partial charge < -0.3 is 10.8 Å². The molecule has 1 aliphatic rings. The minimum Gasteiger partial charge on any atom is -0.387 e. The van der Waals surface area contributed by atoms with Gasteiger partial charge in [0, 0.05) is 21.7 Å². The number of hydrogen-bond acceptors (Lipinski definition) is 3. The van der Waals surface area contributed by atoms with E-state index in [9.17, 15) is 5.11 Å². The number of rotatable bonds is 3. The Balaban J connectivity index is 2.24. The van der Waals surface area contributed by atoms with Crippen LogP contribution in [0, 0.1) is 11.3 Å². The lowest BCUT2D eigenvalue weighted by molar-refractivity contribution is -0.0108. The first-order chi connectivity index (χ1) is 9.28. The van der Waals surface area contributed by atoms with E-state index < -0.39 is 6.10 Å². The van der Waals surface area contributed by atoms with Crippen LogP contribution in [0.2, 0.25) is 0 Å². The van der Waals surface area contributed by atoms with Crippen molar-refractivity contribution in [3.63, 3.8) is 0 Å². The average Bonchev–Trinajstić information content (AvgIpc) is 2.87. The number of hydrogen-bond donors (Lipinski definition) is 2. The molecule has 0 aromatic carbocycles. The standard InChI is InChI=1S/C17H29NOS/c1-12-6-5-9-17(10-12,11-18)15(19)13-7-8-14(20-13)16(2,3)4/h7-8,12,15,19H,5-6,9-11,18H2,1-4H3. The molecule has 114 valence electrons. The minimum atomic E-state index is -0.406. The third-order valence-corrected chi connectivity index (χ3v) is 6.31. The molecule has 3 atom stereocenters. The number of nitrogens with two attached hydrogens (primary N) is 1. The van der Waals surface area contributed by atoms with Gasteiger partial charge in [-0.25, -0.2) is 0 Å².